The van der Waals surface area contributed by atoms with E-state index in [0.29, 0.717) is 0 Å². The average molecular weight is 299 g/mol. The second-order valence-corrected chi connectivity index (χ2v) is 5.60. The van der Waals surface area contributed by atoms with Crippen LogP contribution in [0.2, 0.25) is 0 Å². The predicted octanol–water partition coefficient (Wildman–Crippen LogP) is 1.42. The average Bonchev–Trinajstić information content (AvgIpc) is 2.52. The van der Waals surface area contributed by atoms with Crippen molar-refractivity contribution in [3.63, 3.8) is 0 Å². The van der Waals surface area contributed by atoms with E-state index in [9.17, 15) is 14.4 Å². The van der Waals surface area contributed by atoms with Gasteiger partial charge in [-0.05, 0) is 18.8 Å². The number of carbonyl (C=O) groups is 3. The Morgan fingerprint density at radius 3 is 2.24 bits per heavy atom. The van der Waals surface area contributed by atoms with Crippen molar-refractivity contribution < 1.29 is 23.9 Å². The summed E-state index contributed by atoms with van der Waals surface area (Å²) >= 11 is 0. The molecule has 0 aromatic carbocycles. The number of methoxy groups -OCH3 is 2. The molecule has 0 aromatic rings. The van der Waals surface area contributed by atoms with Crippen LogP contribution < -0.4 is 5.32 Å². The van der Waals surface area contributed by atoms with Crippen LogP contribution in [-0.4, -0.2) is 38.1 Å². The van der Waals surface area contributed by atoms with Gasteiger partial charge in [-0.3, -0.25) is 9.59 Å². The van der Waals surface area contributed by atoms with Gasteiger partial charge in [-0.2, -0.15) is 0 Å². The van der Waals surface area contributed by atoms with Gasteiger partial charge in [0.1, 0.15) is 6.04 Å². The van der Waals surface area contributed by atoms with Gasteiger partial charge in [0, 0.05) is 5.92 Å². The van der Waals surface area contributed by atoms with Crippen molar-refractivity contribution in [2.75, 3.05) is 14.2 Å². The molecule has 21 heavy (non-hydrogen) atoms. The van der Waals surface area contributed by atoms with Crippen molar-refractivity contribution in [1.82, 2.24) is 5.32 Å². The molecule has 1 aliphatic rings. The maximum Gasteiger partial charge on any atom is 0.328 e. The first-order chi connectivity index (χ1) is 9.99. The molecule has 0 heterocycles. The Morgan fingerprint density at radius 2 is 1.71 bits per heavy atom. The molecule has 1 saturated carbocycles. The van der Waals surface area contributed by atoms with Crippen molar-refractivity contribution in [2.24, 2.45) is 11.8 Å². The number of hydrogen-bond donors (Lipinski definition) is 1. The van der Waals surface area contributed by atoms with Crippen LogP contribution in [0, 0.1) is 11.8 Å². The van der Waals surface area contributed by atoms with E-state index in [1.165, 1.54) is 14.2 Å². The standard InChI is InChI=1S/C15H25NO5/c1-10(9-12(17)20-2)13(15(19)21-3)16-14(18)11-7-5-4-6-8-11/h10-11,13H,4-9H2,1-3H3,(H,16,18)/t10-,13+/m1/s1. The normalized spacial score (nSPS) is 18.4. The van der Waals surface area contributed by atoms with E-state index >= 15 is 0 Å². The lowest BCUT2D eigenvalue weighted by atomic mass is 9.88. The molecule has 120 valence electrons. The molecule has 1 N–H and O–H groups in total. The minimum Gasteiger partial charge on any atom is -0.469 e. The maximum absolute atomic E-state index is 12.3. The molecule has 1 fully saturated rings. The molecule has 0 aromatic heterocycles. The van der Waals surface area contributed by atoms with Crippen LogP contribution in [0.4, 0.5) is 0 Å². The van der Waals surface area contributed by atoms with Gasteiger partial charge in [0.15, 0.2) is 0 Å². The topological polar surface area (TPSA) is 81.7 Å². The zero-order valence-electron chi connectivity index (χ0n) is 13.0. The zero-order chi connectivity index (χ0) is 15.8. The first kappa shape index (κ1) is 17.5. The summed E-state index contributed by atoms with van der Waals surface area (Å²) in [6, 6.07) is -0.816. The molecule has 6 nitrogen and oxygen atoms in total. The molecule has 0 bridgehead atoms. The van der Waals surface area contributed by atoms with Crippen LogP contribution in [0.25, 0.3) is 0 Å². The van der Waals surface area contributed by atoms with E-state index in [2.05, 4.69) is 10.1 Å². The van der Waals surface area contributed by atoms with Crippen LogP contribution in [0.1, 0.15) is 45.4 Å². The monoisotopic (exact) mass is 299 g/mol. The molecule has 0 saturated heterocycles. The number of hydrogen-bond acceptors (Lipinski definition) is 5. The largest absolute Gasteiger partial charge is 0.469 e. The van der Waals surface area contributed by atoms with Crippen molar-refractivity contribution in [2.45, 2.75) is 51.5 Å². The number of esters is 2. The Bertz CT molecular complexity index is 376. The second-order valence-electron chi connectivity index (χ2n) is 5.60. The van der Waals surface area contributed by atoms with Crippen LogP contribution in [0.5, 0.6) is 0 Å². The van der Waals surface area contributed by atoms with Crippen LogP contribution >= 0.6 is 0 Å². The van der Waals surface area contributed by atoms with Gasteiger partial charge >= 0.3 is 11.9 Å². The third kappa shape index (κ3) is 5.36. The number of nitrogens with one attached hydrogen (secondary N) is 1. The van der Waals surface area contributed by atoms with Gasteiger partial charge in [0.05, 0.1) is 20.6 Å². The lowest BCUT2D eigenvalue weighted by molar-refractivity contribution is -0.149. The summed E-state index contributed by atoms with van der Waals surface area (Å²) in [6.45, 7) is 1.72. The summed E-state index contributed by atoms with van der Waals surface area (Å²) in [5.74, 6) is -1.49. The summed E-state index contributed by atoms with van der Waals surface area (Å²) in [5.41, 5.74) is 0. The number of rotatable bonds is 6. The first-order valence-corrected chi connectivity index (χ1v) is 7.44. The molecule has 2 atom stereocenters. The van der Waals surface area contributed by atoms with Crippen LogP contribution in [-0.2, 0) is 23.9 Å². The van der Waals surface area contributed by atoms with Gasteiger partial charge in [-0.1, -0.05) is 26.2 Å². The van der Waals surface area contributed by atoms with E-state index < -0.39 is 18.0 Å². The fourth-order valence-corrected chi connectivity index (χ4v) is 2.66. The molecule has 0 unspecified atom stereocenters. The molecule has 1 rings (SSSR count). The Kier molecular flexibility index (Phi) is 7.19. The van der Waals surface area contributed by atoms with Gasteiger partial charge in [0.25, 0.3) is 0 Å². The fraction of sp³-hybridized carbons (Fsp3) is 0.800. The van der Waals surface area contributed by atoms with Crippen molar-refractivity contribution >= 4 is 17.8 Å². The van der Waals surface area contributed by atoms with Gasteiger partial charge < -0.3 is 14.8 Å². The smallest absolute Gasteiger partial charge is 0.328 e. The van der Waals surface area contributed by atoms with Gasteiger partial charge in [0.2, 0.25) is 5.91 Å². The van der Waals surface area contributed by atoms with Crippen molar-refractivity contribution in [3.8, 4) is 0 Å². The third-order valence-electron chi connectivity index (χ3n) is 4.01. The number of carbonyl (C=O) groups excluding carboxylic acids is 3. The Morgan fingerprint density at radius 1 is 1.10 bits per heavy atom. The summed E-state index contributed by atoms with van der Waals surface area (Å²) in [7, 11) is 2.57. The van der Waals surface area contributed by atoms with Gasteiger partial charge in [-0.15, -0.1) is 0 Å². The zero-order valence-corrected chi connectivity index (χ0v) is 13.0. The molecular weight excluding hydrogens is 274 g/mol. The molecular formula is C15H25NO5. The minimum absolute atomic E-state index is 0.0452. The third-order valence-corrected chi connectivity index (χ3v) is 4.01. The van der Waals surface area contributed by atoms with Gasteiger partial charge in [-0.25, -0.2) is 4.79 Å². The summed E-state index contributed by atoms with van der Waals surface area (Å²) in [5, 5.41) is 2.75. The molecule has 0 radical (unpaired) electrons. The van der Waals surface area contributed by atoms with Crippen molar-refractivity contribution in [3.05, 3.63) is 0 Å². The molecule has 1 aliphatic carbocycles. The lowest BCUT2D eigenvalue weighted by Crippen LogP contribution is -2.48. The molecule has 1 amide bonds. The molecule has 0 aliphatic heterocycles. The first-order valence-electron chi connectivity index (χ1n) is 7.44. The highest BCUT2D eigenvalue weighted by atomic mass is 16.5. The Labute approximate surface area is 125 Å². The lowest BCUT2D eigenvalue weighted by Gasteiger charge is -2.26. The summed E-state index contributed by atoms with van der Waals surface area (Å²) in [4.78, 5) is 35.4. The van der Waals surface area contributed by atoms with Crippen LogP contribution in [0.15, 0.2) is 0 Å². The van der Waals surface area contributed by atoms with E-state index in [-0.39, 0.29) is 24.2 Å². The minimum atomic E-state index is -0.816. The predicted molar refractivity (Wildman–Crippen MR) is 76.3 cm³/mol. The number of ether oxygens (including phenoxy) is 2. The quantitative estimate of drug-likeness (QED) is 0.750. The Hall–Kier alpha value is -1.59. The van der Waals surface area contributed by atoms with E-state index in [1.807, 2.05) is 0 Å². The molecule has 0 spiro atoms. The SMILES string of the molecule is COC(=O)C[C@@H](C)[C@H](NC(=O)C1CCCCC1)C(=O)OC. The second kappa shape index (κ2) is 8.64. The maximum atomic E-state index is 12.3. The number of amides is 1. The highest BCUT2D eigenvalue weighted by molar-refractivity contribution is 5.86. The highest BCUT2D eigenvalue weighted by Crippen LogP contribution is 2.24. The van der Waals surface area contributed by atoms with E-state index in [4.69, 9.17) is 4.74 Å². The fourth-order valence-electron chi connectivity index (χ4n) is 2.66. The van der Waals surface area contributed by atoms with E-state index in [1.54, 1.807) is 6.92 Å². The summed E-state index contributed by atoms with van der Waals surface area (Å²) in [6.07, 6.45) is 5.00. The Balaban J connectivity index is 2.66. The summed E-state index contributed by atoms with van der Waals surface area (Å²) < 4.78 is 9.33. The van der Waals surface area contributed by atoms with Crippen molar-refractivity contribution in [1.29, 1.82) is 0 Å². The highest BCUT2D eigenvalue weighted by Gasteiger charge is 2.32. The van der Waals surface area contributed by atoms with Crippen LogP contribution in [0.3, 0.4) is 0 Å². The molecule has 6 heteroatoms. The van der Waals surface area contributed by atoms with E-state index in [0.717, 1.165) is 32.1 Å².